The molecule has 2 atom stereocenters. The van der Waals surface area contributed by atoms with Crippen molar-refractivity contribution in [2.45, 2.75) is 52.2 Å². The van der Waals surface area contributed by atoms with E-state index >= 15 is 0 Å². The molecule has 0 bridgehead atoms. The van der Waals surface area contributed by atoms with Gasteiger partial charge < -0.3 is 19.7 Å². The summed E-state index contributed by atoms with van der Waals surface area (Å²) in [5.74, 6) is -0.271. The van der Waals surface area contributed by atoms with E-state index in [9.17, 15) is 18.0 Å². The normalized spacial score (nSPS) is 12.8. The summed E-state index contributed by atoms with van der Waals surface area (Å²) in [6.07, 6.45) is 2.00. The molecule has 0 heterocycles. The van der Waals surface area contributed by atoms with Crippen LogP contribution in [0.15, 0.2) is 36.4 Å². The van der Waals surface area contributed by atoms with Gasteiger partial charge in [0.1, 0.15) is 24.1 Å². The molecule has 0 aromatic heterocycles. The predicted molar refractivity (Wildman–Crippen MR) is 151 cm³/mol. The molecule has 2 amide bonds. The first-order valence-electron chi connectivity index (χ1n) is 12.1. The summed E-state index contributed by atoms with van der Waals surface area (Å²) in [5.41, 5.74) is 0.720. The summed E-state index contributed by atoms with van der Waals surface area (Å²) in [4.78, 5) is 28.4. The monoisotopic (exact) mass is 587 g/mol. The molecule has 1 N–H and O–H groups in total. The number of hydrogen-bond donors (Lipinski definition) is 1. The molecule has 38 heavy (non-hydrogen) atoms. The first-order chi connectivity index (χ1) is 17.9. The van der Waals surface area contributed by atoms with Gasteiger partial charge in [-0.2, -0.15) is 0 Å². The number of sulfonamides is 1. The first kappa shape index (κ1) is 31.5. The van der Waals surface area contributed by atoms with E-state index in [1.54, 1.807) is 31.2 Å². The highest BCUT2D eigenvalue weighted by atomic mass is 35.5. The van der Waals surface area contributed by atoms with E-state index in [-0.39, 0.29) is 29.9 Å². The van der Waals surface area contributed by atoms with Crippen LogP contribution in [0.2, 0.25) is 10.0 Å². The molecule has 0 spiro atoms. The molecule has 2 rings (SSSR count). The van der Waals surface area contributed by atoms with Gasteiger partial charge in [0.05, 0.1) is 26.2 Å². The van der Waals surface area contributed by atoms with Gasteiger partial charge in [-0.1, -0.05) is 43.1 Å². The van der Waals surface area contributed by atoms with E-state index in [2.05, 4.69) is 5.32 Å². The largest absolute Gasteiger partial charge is 0.497 e. The highest BCUT2D eigenvalue weighted by Crippen LogP contribution is 2.34. The Labute approximate surface area is 235 Å². The minimum atomic E-state index is -3.94. The molecule has 0 saturated carbocycles. The molecule has 0 aliphatic heterocycles. The van der Waals surface area contributed by atoms with Crippen LogP contribution < -0.4 is 19.1 Å². The lowest BCUT2D eigenvalue weighted by atomic mass is 10.1. The number of nitrogens with zero attached hydrogens (tertiary/aromatic N) is 2. The quantitative estimate of drug-likeness (QED) is 0.370. The maximum absolute atomic E-state index is 13.8. The number of ether oxygens (including phenoxy) is 2. The number of methoxy groups -OCH3 is 2. The highest BCUT2D eigenvalue weighted by molar-refractivity contribution is 7.92. The maximum atomic E-state index is 13.8. The Kier molecular flexibility index (Phi) is 11.5. The minimum Gasteiger partial charge on any atom is -0.497 e. The zero-order valence-corrected chi connectivity index (χ0v) is 24.8. The molecule has 0 aliphatic carbocycles. The Morgan fingerprint density at radius 2 is 1.71 bits per heavy atom. The zero-order valence-electron chi connectivity index (χ0n) is 22.5. The molecular weight excluding hydrogens is 553 g/mol. The molecule has 0 aliphatic rings. The van der Waals surface area contributed by atoms with Crippen molar-refractivity contribution in [2.75, 3.05) is 31.3 Å². The Balaban J connectivity index is 2.54. The lowest BCUT2D eigenvalue weighted by molar-refractivity contribution is -0.140. The number of halogens is 2. The van der Waals surface area contributed by atoms with Crippen molar-refractivity contribution in [3.05, 3.63) is 52.0 Å². The second-order valence-corrected chi connectivity index (χ2v) is 11.6. The zero-order chi connectivity index (χ0) is 28.6. The van der Waals surface area contributed by atoms with Crippen molar-refractivity contribution >= 4 is 50.7 Å². The minimum absolute atomic E-state index is 0.0291. The number of amides is 2. The van der Waals surface area contributed by atoms with Crippen molar-refractivity contribution in [3.63, 3.8) is 0 Å². The average molecular weight is 589 g/mol. The number of carbonyl (C=O) groups excluding carboxylic acids is 2. The van der Waals surface area contributed by atoms with Crippen molar-refractivity contribution in [3.8, 4) is 11.5 Å². The van der Waals surface area contributed by atoms with Crippen LogP contribution in [0.3, 0.4) is 0 Å². The Hall–Kier alpha value is -2.69. The van der Waals surface area contributed by atoms with Crippen LogP contribution in [-0.2, 0) is 26.2 Å². The molecule has 2 unspecified atom stereocenters. The summed E-state index contributed by atoms with van der Waals surface area (Å²) < 4.78 is 37.3. The number of rotatable bonds is 13. The fraction of sp³-hybridized carbons (Fsp3) is 0.462. The molecular formula is C26H35Cl2N3O6S. The average Bonchev–Trinajstić information content (AvgIpc) is 2.87. The lowest BCUT2D eigenvalue weighted by Crippen LogP contribution is -2.53. The topological polar surface area (TPSA) is 105 Å². The van der Waals surface area contributed by atoms with E-state index in [1.807, 2.05) is 13.8 Å². The van der Waals surface area contributed by atoms with Crippen LogP contribution in [0, 0.1) is 0 Å². The molecule has 0 saturated heterocycles. The summed E-state index contributed by atoms with van der Waals surface area (Å²) in [6, 6.07) is 8.47. The van der Waals surface area contributed by atoms with Gasteiger partial charge in [0, 0.05) is 28.7 Å². The van der Waals surface area contributed by atoms with Crippen molar-refractivity contribution in [2.24, 2.45) is 0 Å². The third-order valence-electron chi connectivity index (χ3n) is 6.08. The first-order valence-corrected chi connectivity index (χ1v) is 14.7. The molecule has 2 aromatic carbocycles. The molecule has 0 fully saturated rings. The van der Waals surface area contributed by atoms with E-state index in [0.29, 0.717) is 34.2 Å². The van der Waals surface area contributed by atoms with E-state index in [4.69, 9.17) is 32.7 Å². The number of carbonyl (C=O) groups is 2. The molecule has 210 valence electrons. The van der Waals surface area contributed by atoms with Gasteiger partial charge in [0.2, 0.25) is 21.8 Å². The van der Waals surface area contributed by atoms with Gasteiger partial charge in [-0.05, 0) is 49.6 Å². The molecule has 2 aromatic rings. The smallest absolute Gasteiger partial charge is 0.244 e. The van der Waals surface area contributed by atoms with Gasteiger partial charge in [-0.3, -0.25) is 13.9 Å². The van der Waals surface area contributed by atoms with Crippen molar-refractivity contribution < 1.29 is 27.5 Å². The summed E-state index contributed by atoms with van der Waals surface area (Å²) in [7, 11) is -1.08. The van der Waals surface area contributed by atoms with Gasteiger partial charge in [0.15, 0.2) is 0 Å². The Morgan fingerprint density at radius 1 is 1.03 bits per heavy atom. The molecule has 0 radical (unpaired) electrons. The number of nitrogens with one attached hydrogen (secondary N) is 1. The third-order valence-corrected chi connectivity index (χ3v) is 7.79. The van der Waals surface area contributed by atoms with Gasteiger partial charge in [0.25, 0.3) is 0 Å². The van der Waals surface area contributed by atoms with E-state index in [1.165, 1.54) is 31.3 Å². The van der Waals surface area contributed by atoms with Crippen LogP contribution >= 0.6 is 23.2 Å². The fourth-order valence-corrected chi connectivity index (χ4v) is 5.10. The summed E-state index contributed by atoms with van der Waals surface area (Å²) in [6.45, 7) is 4.99. The Morgan fingerprint density at radius 3 is 2.24 bits per heavy atom. The summed E-state index contributed by atoms with van der Waals surface area (Å²) in [5, 5.41) is 3.67. The van der Waals surface area contributed by atoms with Gasteiger partial charge in [-0.25, -0.2) is 8.42 Å². The van der Waals surface area contributed by atoms with Crippen molar-refractivity contribution in [1.29, 1.82) is 0 Å². The maximum Gasteiger partial charge on any atom is 0.244 e. The van der Waals surface area contributed by atoms with Crippen LogP contribution in [0.4, 0.5) is 5.69 Å². The predicted octanol–water partition coefficient (Wildman–Crippen LogP) is 4.50. The van der Waals surface area contributed by atoms with Gasteiger partial charge in [-0.15, -0.1) is 0 Å². The fourth-order valence-electron chi connectivity index (χ4n) is 3.78. The number of anilines is 1. The van der Waals surface area contributed by atoms with Crippen LogP contribution in [0.25, 0.3) is 0 Å². The number of hydrogen-bond acceptors (Lipinski definition) is 6. The lowest BCUT2D eigenvalue weighted by Gasteiger charge is -2.33. The molecule has 12 heteroatoms. The Bertz CT molecular complexity index is 1240. The third kappa shape index (κ3) is 8.15. The van der Waals surface area contributed by atoms with Crippen LogP contribution in [0.1, 0.15) is 39.2 Å². The van der Waals surface area contributed by atoms with Gasteiger partial charge >= 0.3 is 0 Å². The second-order valence-electron chi connectivity index (χ2n) is 8.81. The van der Waals surface area contributed by atoms with Crippen LogP contribution in [0.5, 0.6) is 11.5 Å². The van der Waals surface area contributed by atoms with Crippen LogP contribution in [-0.4, -0.2) is 64.2 Å². The standard InChI is InChI=1S/C26H35Cl2N3O6S/c1-7-17(3)29-26(33)22(8-2)30(15-18-9-10-19(27)13-21(18)28)25(32)16-31(38(6,34)35)23-12-11-20(36-4)14-24(23)37-5/h9-14,17,22H,7-8,15-16H2,1-6H3,(H,29,33). The molecule has 9 nitrogen and oxygen atoms in total. The second kappa shape index (κ2) is 13.9. The number of benzene rings is 2. The van der Waals surface area contributed by atoms with Crippen molar-refractivity contribution in [1.82, 2.24) is 10.2 Å². The highest BCUT2D eigenvalue weighted by Gasteiger charge is 2.33. The summed E-state index contributed by atoms with van der Waals surface area (Å²) >= 11 is 12.4. The van der Waals surface area contributed by atoms with E-state index in [0.717, 1.165) is 10.6 Å². The SMILES string of the molecule is CCC(C)NC(=O)C(CC)N(Cc1ccc(Cl)cc1Cl)C(=O)CN(c1ccc(OC)cc1OC)S(C)(=O)=O. The van der Waals surface area contributed by atoms with E-state index < -0.39 is 28.5 Å².